The maximum atomic E-state index is 13.5. The van der Waals surface area contributed by atoms with E-state index in [9.17, 15) is 9.59 Å². The fraction of sp³-hybridized carbons (Fsp3) is 0.208. The first kappa shape index (κ1) is 23.4. The van der Waals surface area contributed by atoms with Crippen LogP contribution in [0.25, 0.3) is 15.9 Å². The number of hydrogen-bond acceptors (Lipinski definition) is 6. The zero-order chi connectivity index (χ0) is 23.7. The summed E-state index contributed by atoms with van der Waals surface area (Å²) >= 11 is 8.76. The predicted octanol–water partition coefficient (Wildman–Crippen LogP) is 5.77. The number of fused-ring (bicyclic) bond motifs is 1. The van der Waals surface area contributed by atoms with E-state index in [1.54, 1.807) is 35.9 Å². The van der Waals surface area contributed by atoms with Crippen molar-refractivity contribution >= 4 is 56.5 Å². The number of rotatable bonds is 6. The monoisotopic (exact) mass is 499 g/mol. The van der Waals surface area contributed by atoms with Crippen LogP contribution in [0.15, 0.2) is 52.4 Å². The van der Waals surface area contributed by atoms with Gasteiger partial charge in [-0.1, -0.05) is 29.4 Å². The molecule has 1 N–H and O–H groups in total. The van der Waals surface area contributed by atoms with Crippen LogP contribution >= 0.6 is 34.7 Å². The molecule has 0 atom stereocenters. The Morgan fingerprint density at radius 3 is 2.61 bits per heavy atom. The van der Waals surface area contributed by atoms with Gasteiger partial charge in [0.05, 0.1) is 23.9 Å². The fourth-order valence-electron chi connectivity index (χ4n) is 3.38. The van der Waals surface area contributed by atoms with Crippen LogP contribution in [0, 0.1) is 20.8 Å². The number of carbonyl (C=O) groups excluding carboxylic acids is 1. The number of halogens is 1. The van der Waals surface area contributed by atoms with E-state index in [2.05, 4.69) is 5.32 Å². The first-order valence-corrected chi connectivity index (χ1v) is 12.3. The molecule has 4 aromatic rings. The molecule has 0 fully saturated rings. The van der Waals surface area contributed by atoms with Crippen molar-refractivity contribution in [3.05, 3.63) is 73.8 Å². The molecule has 0 spiro atoms. The zero-order valence-corrected chi connectivity index (χ0v) is 21.0. The predicted molar refractivity (Wildman–Crippen MR) is 137 cm³/mol. The lowest BCUT2D eigenvalue weighted by Crippen LogP contribution is -2.23. The highest BCUT2D eigenvalue weighted by Gasteiger charge is 2.19. The third-order valence-corrected chi connectivity index (χ3v) is 7.58. The Morgan fingerprint density at radius 2 is 1.91 bits per heavy atom. The molecule has 4 rings (SSSR count). The van der Waals surface area contributed by atoms with Gasteiger partial charge in [-0.25, -0.2) is 4.98 Å². The number of anilines is 1. The number of aryl methyl sites for hydroxylation is 3. The minimum Gasteiger partial charge on any atom is -0.497 e. The first-order valence-electron chi connectivity index (χ1n) is 10.1. The van der Waals surface area contributed by atoms with Crippen LogP contribution in [0.4, 0.5) is 5.69 Å². The minimum absolute atomic E-state index is 0.0867. The highest BCUT2D eigenvalue weighted by Crippen LogP contribution is 2.30. The van der Waals surface area contributed by atoms with Gasteiger partial charge < -0.3 is 10.1 Å². The molecule has 9 heteroatoms. The molecule has 0 aliphatic heterocycles. The summed E-state index contributed by atoms with van der Waals surface area (Å²) in [5.74, 6) is 0.567. The molecule has 0 unspecified atom stereocenters. The van der Waals surface area contributed by atoms with Gasteiger partial charge in [0, 0.05) is 15.6 Å². The molecule has 2 heterocycles. The Labute approximate surface area is 204 Å². The number of ether oxygens (including phenoxy) is 1. The summed E-state index contributed by atoms with van der Waals surface area (Å²) in [6, 6.07) is 12.5. The van der Waals surface area contributed by atoms with E-state index >= 15 is 0 Å². The van der Waals surface area contributed by atoms with Crippen LogP contribution in [-0.2, 0) is 4.79 Å². The van der Waals surface area contributed by atoms with Gasteiger partial charge in [-0.05, 0) is 68.3 Å². The van der Waals surface area contributed by atoms with Crippen molar-refractivity contribution in [1.29, 1.82) is 0 Å². The molecular formula is C24H22ClN3O3S2. The van der Waals surface area contributed by atoms with Crippen molar-refractivity contribution in [2.45, 2.75) is 25.9 Å². The van der Waals surface area contributed by atoms with Gasteiger partial charge in [-0.3, -0.25) is 14.2 Å². The van der Waals surface area contributed by atoms with Crippen LogP contribution in [0.5, 0.6) is 5.75 Å². The van der Waals surface area contributed by atoms with Crippen LogP contribution in [-0.4, -0.2) is 28.3 Å². The van der Waals surface area contributed by atoms with Crippen molar-refractivity contribution in [2.75, 3.05) is 18.2 Å². The van der Waals surface area contributed by atoms with Gasteiger partial charge in [-0.2, -0.15) is 0 Å². The van der Waals surface area contributed by atoms with E-state index in [4.69, 9.17) is 21.3 Å². The van der Waals surface area contributed by atoms with Crippen molar-refractivity contribution in [2.24, 2.45) is 0 Å². The van der Waals surface area contributed by atoms with E-state index in [-0.39, 0.29) is 17.2 Å². The smallest absolute Gasteiger partial charge is 0.267 e. The third-order valence-electron chi connectivity index (χ3n) is 5.31. The summed E-state index contributed by atoms with van der Waals surface area (Å²) in [4.78, 5) is 32.7. The van der Waals surface area contributed by atoms with E-state index in [0.29, 0.717) is 37.5 Å². The number of nitrogens with zero attached hydrogens (tertiary/aromatic N) is 2. The normalized spacial score (nSPS) is 11.1. The quantitative estimate of drug-likeness (QED) is 0.269. The number of thiophene rings is 1. The number of aromatic nitrogens is 2. The standard InChI is InChI=1S/C24H22ClN3O3S2/c1-13-5-6-16(25)11-19(13)26-20(29)12-32-24-27-22-21(14(2)15(3)33-22)23(30)28(24)17-7-9-18(31-4)10-8-17/h5-11H,12H2,1-4H3,(H,26,29). The Hall–Kier alpha value is -2.81. The zero-order valence-electron chi connectivity index (χ0n) is 18.6. The second-order valence-corrected chi connectivity index (χ2v) is 10.1. The maximum absolute atomic E-state index is 13.5. The Bertz CT molecular complexity index is 1410. The molecule has 0 bridgehead atoms. The molecule has 170 valence electrons. The van der Waals surface area contributed by atoms with E-state index in [1.807, 2.05) is 39.0 Å². The van der Waals surface area contributed by atoms with E-state index in [0.717, 1.165) is 16.0 Å². The summed E-state index contributed by atoms with van der Waals surface area (Å²) in [7, 11) is 1.59. The molecule has 0 radical (unpaired) electrons. The van der Waals surface area contributed by atoms with Crippen LogP contribution in [0.1, 0.15) is 16.0 Å². The Morgan fingerprint density at radius 1 is 1.18 bits per heavy atom. The molecular weight excluding hydrogens is 478 g/mol. The number of methoxy groups -OCH3 is 1. The van der Waals surface area contributed by atoms with Gasteiger partial charge in [0.25, 0.3) is 5.56 Å². The van der Waals surface area contributed by atoms with Crippen LogP contribution < -0.4 is 15.6 Å². The second kappa shape index (κ2) is 9.59. The second-order valence-electron chi connectivity index (χ2n) is 7.49. The average Bonchev–Trinajstić information content (AvgIpc) is 3.08. The molecule has 0 saturated heterocycles. The molecule has 2 aromatic heterocycles. The summed E-state index contributed by atoms with van der Waals surface area (Å²) in [5, 5.41) is 4.50. The molecule has 0 aliphatic carbocycles. The van der Waals surface area contributed by atoms with Crippen molar-refractivity contribution in [3.8, 4) is 11.4 Å². The van der Waals surface area contributed by atoms with Gasteiger partial charge in [0.2, 0.25) is 5.91 Å². The fourth-order valence-corrected chi connectivity index (χ4v) is 5.43. The summed E-state index contributed by atoms with van der Waals surface area (Å²) in [6.45, 7) is 5.81. The topological polar surface area (TPSA) is 73.2 Å². The lowest BCUT2D eigenvalue weighted by Gasteiger charge is -2.13. The van der Waals surface area contributed by atoms with Gasteiger partial charge >= 0.3 is 0 Å². The van der Waals surface area contributed by atoms with Gasteiger partial charge in [0.1, 0.15) is 10.6 Å². The Balaban J connectivity index is 1.70. The first-order chi connectivity index (χ1) is 15.8. The maximum Gasteiger partial charge on any atom is 0.267 e. The largest absolute Gasteiger partial charge is 0.497 e. The number of benzene rings is 2. The Kier molecular flexibility index (Phi) is 6.78. The molecule has 1 amide bonds. The van der Waals surface area contributed by atoms with E-state index in [1.165, 1.54) is 23.1 Å². The van der Waals surface area contributed by atoms with E-state index < -0.39 is 0 Å². The molecule has 6 nitrogen and oxygen atoms in total. The van der Waals surface area contributed by atoms with Crippen molar-refractivity contribution in [3.63, 3.8) is 0 Å². The SMILES string of the molecule is COc1ccc(-n2c(SCC(=O)Nc3cc(Cl)ccc3C)nc3sc(C)c(C)c3c2=O)cc1. The summed E-state index contributed by atoms with van der Waals surface area (Å²) in [5.41, 5.74) is 3.01. The summed E-state index contributed by atoms with van der Waals surface area (Å²) in [6.07, 6.45) is 0. The van der Waals surface area contributed by atoms with Crippen LogP contribution in [0.3, 0.4) is 0 Å². The van der Waals surface area contributed by atoms with Gasteiger partial charge in [-0.15, -0.1) is 11.3 Å². The lowest BCUT2D eigenvalue weighted by atomic mass is 10.2. The molecule has 0 aliphatic rings. The van der Waals surface area contributed by atoms with Crippen molar-refractivity contribution in [1.82, 2.24) is 9.55 Å². The number of amides is 1. The number of thioether (sulfide) groups is 1. The highest BCUT2D eigenvalue weighted by atomic mass is 35.5. The molecule has 33 heavy (non-hydrogen) atoms. The molecule has 2 aromatic carbocycles. The lowest BCUT2D eigenvalue weighted by molar-refractivity contribution is -0.113. The highest BCUT2D eigenvalue weighted by molar-refractivity contribution is 7.99. The number of hydrogen-bond donors (Lipinski definition) is 1. The number of carbonyl (C=O) groups is 1. The number of nitrogens with one attached hydrogen (secondary N) is 1. The summed E-state index contributed by atoms with van der Waals surface area (Å²) < 4.78 is 6.80. The van der Waals surface area contributed by atoms with Gasteiger partial charge in [0.15, 0.2) is 5.16 Å². The minimum atomic E-state index is -0.209. The average molecular weight is 500 g/mol. The van der Waals surface area contributed by atoms with Crippen molar-refractivity contribution < 1.29 is 9.53 Å². The van der Waals surface area contributed by atoms with Crippen LogP contribution in [0.2, 0.25) is 5.02 Å². The molecule has 0 saturated carbocycles. The third kappa shape index (κ3) is 4.78.